The molecule has 0 aliphatic rings. The maximum Gasteiger partial charge on any atom is 0.273 e. The number of carbonyl (C=O) groups excluding carboxylic acids is 1. The second kappa shape index (κ2) is 11.1. The van der Waals surface area contributed by atoms with E-state index >= 15 is 0 Å². The molecule has 2 aromatic carbocycles. The number of nitrogens with one attached hydrogen (secondary N) is 1. The monoisotopic (exact) mass is 493 g/mol. The summed E-state index contributed by atoms with van der Waals surface area (Å²) in [4.78, 5) is 16.8. The molecule has 35 heavy (non-hydrogen) atoms. The molecular formula is C25H27N5O4S. The normalized spacial score (nSPS) is 10.9. The van der Waals surface area contributed by atoms with Gasteiger partial charge in [0.25, 0.3) is 5.91 Å². The molecule has 0 atom stereocenters. The third-order valence-corrected chi connectivity index (χ3v) is 6.23. The van der Waals surface area contributed by atoms with E-state index < -0.39 is 0 Å². The van der Waals surface area contributed by atoms with E-state index in [1.807, 2.05) is 54.8 Å². The van der Waals surface area contributed by atoms with Crippen LogP contribution in [0.15, 0.2) is 58.3 Å². The van der Waals surface area contributed by atoms with E-state index in [9.17, 15) is 4.79 Å². The number of hydrogen-bond acceptors (Lipinski definition) is 8. The van der Waals surface area contributed by atoms with Gasteiger partial charge in [0.05, 0.1) is 20.0 Å². The van der Waals surface area contributed by atoms with Gasteiger partial charge in [0.2, 0.25) is 5.89 Å². The Labute approximate surface area is 207 Å². The fraction of sp³-hybridized carbons (Fsp3) is 0.280. The number of methoxy groups -OCH3 is 2. The number of aryl methyl sites for hydroxylation is 2. The first-order chi connectivity index (χ1) is 17.0. The molecule has 0 bridgehead atoms. The van der Waals surface area contributed by atoms with Crippen LogP contribution >= 0.6 is 11.8 Å². The minimum Gasteiger partial charge on any atom is -0.493 e. The maximum atomic E-state index is 12.5. The van der Waals surface area contributed by atoms with E-state index in [-0.39, 0.29) is 11.6 Å². The first kappa shape index (κ1) is 24.3. The van der Waals surface area contributed by atoms with Crippen molar-refractivity contribution >= 4 is 17.7 Å². The van der Waals surface area contributed by atoms with E-state index in [1.54, 1.807) is 14.2 Å². The van der Waals surface area contributed by atoms with Crippen molar-refractivity contribution in [3.8, 4) is 17.2 Å². The molecule has 2 heterocycles. The predicted octanol–water partition coefficient (Wildman–Crippen LogP) is 4.15. The number of benzene rings is 2. The van der Waals surface area contributed by atoms with Crippen LogP contribution in [0.1, 0.15) is 33.3 Å². The Balaban J connectivity index is 1.33. The minimum atomic E-state index is -0.288. The second-order valence-electron chi connectivity index (χ2n) is 7.81. The number of thioether (sulfide) groups is 1. The molecular weight excluding hydrogens is 466 g/mol. The van der Waals surface area contributed by atoms with Gasteiger partial charge in [0, 0.05) is 12.2 Å². The summed E-state index contributed by atoms with van der Waals surface area (Å²) in [5, 5.41) is 12.1. The molecule has 0 spiro atoms. The van der Waals surface area contributed by atoms with Crippen molar-refractivity contribution in [2.24, 2.45) is 0 Å². The first-order valence-corrected chi connectivity index (χ1v) is 12.0. The number of hydrogen-bond donors (Lipinski definition) is 1. The van der Waals surface area contributed by atoms with Gasteiger partial charge in [0.1, 0.15) is 12.1 Å². The zero-order chi connectivity index (χ0) is 24.8. The van der Waals surface area contributed by atoms with Crippen LogP contribution in [0, 0.1) is 13.8 Å². The number of rotatable bonds is 10. The highest BCUT2D eigenvalue weighted by Gasteiger charge is 2.16. The Kier molecular flexibility index (Phi) is 7.71. The van der Waals surface area contributed by atoms with Crippen LogP contribution in [0.4, 0.5) is 0 Å². The lowest BCUT2D eigenvalue weighted by atomic mass is 10.1. The third-order valence-electron chi connectivity index (χ3n) is 5.31. The fourth-order valence-corrected chi connectivity index (χ4v) is 4.41. The predicted molar refractivity (Wildman–Crippen MR) is 132 cm³/mol. The molecule has 0 saturated carbocycles. The zero-order valence-electron chi connectivity index (χ0n) is 20.1. The lowest BCUT2D eigenvalue weighted by Crippen LogP contribution is -2.26. The van der Waals surface area contributed by atoms with Crippen LogP contribution in [0.25, 0.3) is 5.69 Å². The number of ether oxygens (including phenoxy) is 2. The lowest BCUT2D eigenvalue weighted by Gasteiger charge is -2.09. The summed E-state index contributed by atoms with van der Waals surface area (Å²) >= 11 is 1.45. The summed E-state index contributed by atoms with van der Waals surface area (Å²) in [6.45, 7) is 4.41. The Bertz CT molecular complexity index is 1320. The standard InChI is InChI=1S/C25H27N5O4S/c1-16-6-5-7-19(12-16)30-17(2)28-29-25(30)35-15-23-27-20(14-34-23)24(31)26-11-10-18-8-9-21(32-3)22(13-18)33-4/h5-9,12-14H,10-11,15H2,1-4H3,(H,26,31). The maximum absolute atomic E-state index is 12.5. The van der Waals surface area contributed by atoms with E-state index in [0.29, 0.717) is 36.1 Å². The summed E-state index contributed by atoms with van der Waals surface area (Å²) in [7, 11) is 3.19. The molecule has 1 N–H and O–H groups in total. The van der Waals surface area contributed by atoms with Crippen LogP contribution in [-0.4, -0.2) is 46.4 Å². The fourth-order valence-electron chi connectivity index (χ4n) is 3.56. The smallest absolute Gasteiger partial charge is 0.273 e. The molecule has 0 radical (unpaired) electrons. The van der Waals surface area contributed by atoms with E-state index in [0.717, 1.165) is 27.8 Å². The minimum absolute atomic E-state index is 0.240. The van der Waals surface area contributed by atoms with Crippen molar-refractivity contribution in [2.45, 2.75) is 31.2 Å². The molecule has 4 rings (SSSR count). The summed E-state index contributed by atoms with van der Waals surface area (Å²) in [5.41, 5.74) is 3.41. The van der Waals surface area contributed by atoms with Gasteiger partial charge in [-0.05, 0) is 55.7 Å². The van der Waals surface area contributed by atoms with Crippen molar-refractivity contribution in [1.82, 2.24) is 25.1 Å². The van der Waals surface area contributed by atoms with Gasteiger partial charge in [0.15, 0.2) is 22.3 Å². The van der Waals surface area contributed by atoms with Crippen molar-refractivity contribution < 1.29 is 18.7 Å². The second-order valence-corrected chi connectivity index (χ2v) is 8.76. The summed E-state index contributed by atoms with van der Waals surface area (Å²) in [6, 6.07) is 13.8. The number of oxazole rings is 1. The number of carbonyl (C=O) groups is 1. The molecule has 182 valence electrons. The van der Waals surface area contributed by atoms with Crippen molar-refractivity contribution in [1.29, 1.82) is 0 Å². The number of amides is 1. The highest BCUT2D eigenvalue weighted by Crippen LogP contribution is 2.28. The highest BCUT2D eigenvalue weighted by molar-refractivity contribution is 7.98. The van der Waals surface area contributed by atoms with Crippen molar-refractivity contribution in [2.75, 3.05) is 20.8 Å². The van der Waals surface area contributed by atoms with E-state index in [1.165, 1.54) is 18.0 Å². The van der Waals surface area contributed by atoms with Crippen LogP contribution in [0.2, 0.25) is 0 Å². The first-order valence-electron chi connectivity index (χ1n) is 11.0. The van der Waals surface area contributed by atoms with Gasteiger partial charge in [-0.15, -0.1) is 10.2 Å². The van der Waals surface area contributed by atoms with Crippen LogP contribution in [-0.2, 0) is 12.2 Å². The lowest BCUT2D eigenvalue weighted by molar-refractivity contribution is 0.0949. The molecule has 0 aliphatic carbocycles. The SMILES string of the molecule is COc1ccc(CCNC(=O)c2coc(CSc3nnc(C)n3-c3cccc(C)c3)n2)cc1OC. The Morgan fingerprint density at radius 2 is 1.91 bits per heavy atom. The molecule has 0 unspecified atom stereocenters. The molecule has 0 aliphatic heterocycles. The van der Waals surface area contributed by atoms with Crippen LogP contribution < -0.4 is 14.8 Å². The summed E-state index contributed by atoms with van der Waals surface area (Å²) < 4.78 is 18.1. The van der Waals surface area contributed by atoms with Crippen molar-refractivity contribution in [3.63, 3.8) is 0 Å². The van der Waals surface area contributed by atoms with Gasteiger partial charge >= 0.3 is 0 Å². The number of nitrogens with zero attached hydrogens (tertiary/aromatic N) is 4. The summed E-state index contributed by atoms with van der Waals surface area (Å²) in [6.07, 6.45) is 2.01. The van der Waals surface area contributed by atoms with Gasteiger partial charge in [-0.2, -0.15) is 0 Å². The molecule has 9 nitrogen and oxygen atoms in total. The Morgan fingerprint density at radius 3 is 2.69 bits per heavy atom. The average Bonchev–Trinajstić information content (AvgIpc) is 3.49. The molecule has 4 aromatic rings. The largest absolute Gasteiger partial charge is 0.493 e. The molecule has 1 amide bonds. The van der Waals surface area contributed by atoms with Gasteiger partial charge in [-0.1, -0.05) is 30.0 Å². The Morgan fingerprint density at radius 1 is 1.09 bits per heavy atom. The van der Waals surface area contributed by atoms with E-state index in [4.69, 9.17) is 13.9 Å². The molecule has 2 aromatic heterocycles. The number of aromatic nitrogens is 4. The Hall–Kier alpha value is -3.79. The molecule has 0 saturated heterocycles. The van der Waals surface area contributed by atoms with Gasteiger partial charge in [-0.25, -0.2) is 4.98 Å². The topological polar surface area (TPSA) is 104 Å². The van der Waals surface area contributed by atoms with Gasteiger partial charge in [-0.3, -0.25) is 9.36 Å². The third kappa shape index (κ3) is 5.83. The highest BCUT2D eigenvalue weighted by atomic mass is 32.2. The quantitative estimate of drug-likeness (QED) is 0.329. The molecule has 0 fully saturated rings. The van der Waals surface area contributed by atoms with Gasteiger partial charge < -0.3 is 19.2 Å². The molecule has 10 heteroatoms. The van der Waals surface area contributed by atoms with Crippen LogP contribution in [0.3, 0.4) is 0 Å². The van der Waals surface area contributed by atoms with Crippen molar-refractivity contribution in [3.05, 3.63) is 77.3 Å². The summed E-state index contributed by atoms with van der Waals surface area (Å²) in [5.74, 6) is 2.69. The average molecular weight is 494 g/mol. The van der Waals surface area contributed by atoms with E-state index in [2.05, 4.69) is 26.6 Å². The van der Waals surface area contributed by atoms with Crippen LogP contribution in [0.5, 0.6) is 11.5 Å². The zero-order valence-corrected chi connectivity index (χ0v) is 20.9.